The monoisotopic (exact) mass is 882 g/mol. The summed E-state index contributed by atoms with van der Waals surface area (Å²) in [5, 5.41) is 6.52. The van der Waals surface area contributed by atoms with Crippen molar-refractivity contribution in [3.05, 3.63) is 231 Å². The second-order valence-corrected chi connectivity index (χ2v) is 17.5. The first-order valence-corrected chi connectivity index (χ1v) is 23.2. The van der Waals surface area contributed by atoms with E-state index in [4.69, 9.17) is 23.8 Å². The molecule has 6 nitrogen and oxygen atoms in total. The van der Waals surface area contributed by atoms with Crippen molar-refractivity contribution < 1.29 is 8.83 Å². The quantitative estimate of drug-likeness (QED) is 0.159. The molecule has 0 unspecified atom stereocenters. The zero-order valence-electron chi connectivity index (χ0n) is 37.0. The molecule has 0 saturated carbocycles. The molecule has 69 heavy (non-hydrogen) atoms. The zero-order valence-corrected chi connectivity index (χ0v) is 37.0. The van der Waals surface area contributed by atoms with E-state index in [0.717, 1.165) is 94.0 Å². The molecular weight excluding hydrogens is 845 g/mol. The van der Waals surface area contributed by atoms with Crippen LogP contribution in [0.1, 0.15) is 0 Å². The van der Waals surface area contributed by atoms with E-state index in [-0.39, 0.29) is 0 Å². The van der Waals surface area contributed by atoms with Gasteiger partial charge < -0.3 is 13.4 Å². The molecule has 322 valence electrons. The van der Waals surface area contributed by atoms with Crippen LogP contribution in [0.25, 0.3) is 139 Å². The first kappa shape index (κ1) is 38.8. The molecule has 14 aromatic rings. The van der Waals surface area contributed by atoms with Gasteiger partial charge in [-0.1, -0.05) is 182 Å². The van der Waals surface area contributed by atoms with Crippen molar-refractivity contribution in [2.45, 2.75) is 0 Å². The lowest BCUT2D eigenvalue weighted by Gasteiger charge is -2.10. The van der Waals surface area contributed by atoms with Gasteiger partial charge in [-0.05, 0) is 76.3 Å². The second-order valence-electron chi connectivity index (χ2n) is 17.5. The fourth-order valence-electron chi connectivity index (χ4n) is 10.2. The van der Waals surface area contributed by atoms with Gasteiger partial charge in [-0.25, -0.2) is 15.0 Å². The minimum Gasteiger partial charge on any atom is -0.456 e. The topological polar surface area (TPSA) is 69.9 Å². The highest BCUT2D eigenvalue weighted by Gasteiger charge is 2.22. The Kier molecular flexibility index (Phi) is 8.79. The van der Waals surface area contributed by atoms with E-state index in [0.29, 0.717) is 23.1 Å². The molecule has 0 saturated heterocycles. The average Bonchev–Trinajstić information content (AvgIpc) is 4.11. The molecule has 0 aliphatic heterocycles. The molecule has 0 amide bonds. The third-order valence-corrected chi connectivity index (χ3v) is 13.5. The van der Waals surface area contributed by atoms with Crippen LogP contribution in [0.2, 0.25) is 0 Å². The number of hydrogen-bond donors (Lipinski definition) is 0. The molecule has 0 aliphatic carbocycles. The van der Waals surface area contributed by atoms with Gasteiger partial charge >= 0.3 is 0 Å². The first-order valence-electron chi connectivity index (χ1n) is 23.2. The molecule has 0 bridgehead atoms. The number of para-hydroxylation sites is 3. The Balaban J connectivity index is 0.889. The molecule has 0 spiro atoms. The van der Waals surface area contributed by atoms with Crippen molar-refractivity contribution in [2.24, 2.45) is 0 Å². The second kappa shape index (κ2) is 15.6. The van der Waals surface area contributed by atoms with Crippen LogP contribution in [-0.2, 0) is 0 Å². The van der Waals surface area contributed by atoms with Crippen LogP contribution >= 0.6 is 0 Å². The zero-order chi connectivity index (χ0) is 45.4. The molecule has 10 aromatic carbocycles. The molecule has 0 N–H and O–H groups in total. The lowest BCUT2D eigenvalue weighted by atomic mass is 10.00. The third-order valence-electron chi connectivity index (χ3n) is 13.5. The van der Waals surface area contributed by atoms with Crippen molar-refractivity contribution in [1.82, 2.24) is 19.5 Å². The van der Waals surface area contributed by atoms with E-state index in [1.807, 2.05) is 42.5 Å². The standard InChI is InChI=1S/C63H38N4O2/c1-4-15-39(16-5-1)41-29-31-43(32-30-41)62-64-61(42-19-8-3-9-20-42)65-63(66-62)51-25-13-24-49-48-23-12-22-46(59(48)69-60(49)51)45-33-35-50-57(38-45)68-56-28-14-27-55(58(50)56)67-53-26-11-10-21-47(53)52-37-44(34-36-54(52)67)40-17-6-2-7-18-40/h1-38H. The predicted octanol–water partition coefficient (Wildman–Crippen LogP) is 16.8. The van der Waals surface area contributed by atoms with Crippen LogP contribution in [0, 0.1) is 0 Å². The van der Waals surface area contributed by atoms with Crippen LogP contribution in [0.3, 0.4) is 0 Å². The predicted molar refractivity (Wildman–Crippen MR) is 281 cm³/mol. The summed E-state index contributed by atoms with van der Waals surface area (Å²) in [6.07, 6.45) is 0. The van der Waals surface area contributed by atoms with Gasteiger partial charge in [0, 0.05) is 43.6 Å². The lowest BCUT2D eigenvalue weighted by Crippen LogP contribution is -2.00. The summed E-state index contributed by atoms with van der Waals surface area (Å²) >= 11 is 0. The van der Waals surface area contributed by atoms with Crippen molar-refractivity contribution in [1.29, 1.82) is 0 Å². The lowest BCUT2D eigenvalue weighted by molar-refractivity contribution is 0.668. The van der Waals surface area contributed by atoms with Gasteiger partial charge in [0.05, 0.1) is 27.7 Å². The van der Waals surface area contributed by atoms with Gasteiger partial charge in [-0.3, -0.25) is 0 Å². The van der Waals surface area contributed by atoms with Gasteiger partial charge in [0.1, 0.15) is 22.3 Å². The number of benzene rings is 10. The first-order chi connectivity index (χ1) is 34.2. The molecule has 0 fully saturated rings. The van der Waals surface area contributed by atoms with Crippen LogP contribution in [0.4, 0.5) is 0 Å². The van der Waals surface area contributed by atoms with Crippen LogP contribution in [0.5, 0.6) is 0 Å². The Labute approximate surface area is 396 Å². The number of nitrogens with zero attached hydrogens (tertiary/aromatic N) is 4. The highest BCUT2D eigenvalue weighted by atomic mass is 16.3. The van der Waals surface area contributed by atoms with Crippen LogP contribution < -0.4 is 0 Å². The van der Waals surface area contributed by atoms with E-state index in [1.165, 1.54) is 21.9 Å². The maximum Gasteiger partial charge on any atom is 0.167 e. The minimum absolute atomic E-state index is 0.538. The fraction of sp³-hybridized carbons (Fsp3) is 0. The van der Waals surface area contributed by atoms with E-state index in [1.54, 1.807) is 0 Å². The summed E-state index contributed by atoms with van der Waals surface area (Å²) in [5.41, 5.74) is 15.7. The fourth-order valence-corrected chi connectivity index (χ4v) is 10.2. The van der Waals surface area contributed by atoms with E-state index < -0.39 is 0 Å². The minimum atomic E-state index is 0.538. The summed E-state index contributed by atoms with van der Waals surface area (Å²) in [5.74, 6) is 1.72. The molecule has 4 heterocycles. The summed E-state index contributed by atoms with van der Waals surface area (Å²) < 4.78 is 16.1. The Hall–Kier alpha value is -9.39. The molecule has 4 aromatic heterocycles. The summed E-state index contributed by atoms with van der Waals surface area (Å²) in [6, 6.07) is 80.3. The average molecular weight is 883 g/mol. The van der Waals surface area contributed by atoms with Crippen molar-refractivity contribution in [3.8, 4) is 73.2 Å². The van der Waals surface area contributed by atoms with Gasteiger partial charge in [0.15, 0.2) is 17.5 Å². The molecule has 14 rings (SSSR count). The van der Waals surface area contributed by atoms with E-state index >= 15 is 0 Å². The number of rotatable bonds is 7. The molecular formula is C63H38N4O2. The van der Waals surface area contributed by atoms with Gasteiger partial charge in [0.25, 0.3) is 0 Å². The van der Waals surface area contributed by atoms with E-state index in [9.17, 15) is 0 Å². The normalized spacial score (nSPS) is 11.8. The Morgan fingerprint density at radius 3 is 1.55 bits per heavy atom. The maximum absolute atomic E-state index is 7.00. The Morgan fingerprint density at radius 2 is 0.812 bits per heavy atom. The van der Waals surface area contributed by atoms with Crippen LogP contribution in [0.15, 0.2) is 239 Å². The SMILES string of the molecule is c1ccc(-c2ccc(-c3nc(-c4ccccc4)nc(-c4cccc5c4oc4c(-c6ccc7c(c6)oc6cccc(-n8c9ccccc9c9cc(-c%10ccccc%10)ccc98)c67)cccc45)n3)cc2)cc1. The number of hydrogen-bond acceptors (Lipinski definition) is 5. The summed E-state index contributed by atoms with van der Waals surface area (Å²) in [6.45, 7) is 0. The molecule has 0 aliphatic rings. The van der Waals surface area contributed by atoms with Crippen molar-refractivity contribution in [3.63, 3.8) is 0 Å². The largest absolute Gasteiger partial charge is 0.456 e. The third kappa shape index (κ3) is 6.38. The van der Waals surface area contributed by atoms with Crippen molar-refractivity contribution >= 4 is 65.7 Å². The number of fused-ring (bicyclic) bond motifs is 9. The molecule has 0 atom stereocenters. The smallest absolute Gasteiger partial charge is 0.167 e. The summed E-state index contributed by atoms with van der Waals surface area (Å²) in [7, 11) is 0. The van der Waals surface area contributed by atoms with E-state index in [2.05, 4.69) is 193 Å². The Bertz CT molecular complexity index is 4290. The molecule has 0 radical (unpaired) electrons. The summed E-state index contributed by atoms with van der Waals surface area (Å²) in [4.78, 5) is 15.3. The van der Waals surface area contributed by atoms with Gasteiger partial charge in [-0.15, -0.1) is 0 Å². The number of aromatic nitrogens is 4. The number of furan rings is 2. The maximum atomic E-state index is 7.00. The Morgan fingerprint density at radius 1 is 0.290 bits per heavy atom. The van der Waals surface area contributed by atoms with Crippen LogP contribution in [-0.4, -0.2) is 19.5 Å². The highest BCUT2D eigenvalue weighted by Crippen LogP contribution is 2.43. The highest BCUT2D eigenvalue weighted by molar-refractivity contribution is 6.16. The van der Waals surface area contributed by atoms with Gasteiger partial charge in [-0.2, -0.15) is 0 Å². The molecule has 6 heteroatoms. The van der Waals surface area contributed by atoms with Gasteiger partial charge in [0.2, 0.25) is 0 Å². The van der Waals surface area contributed by atoms with Crippen molar-refractivity contribution in [2.75, 3.05) is 0 Å².